The zero-order valence-corrected chi connectivity index (χ0v) is 10.8. The summed E-state index contributed by atoms with van der Waals surface area (Å²) in [4.78, 5) is 8.33. The van der Waals surface area contributed by atoms with Crippen molar-refractivity contribution in [3.05, 3.63) is 77.7 Å². The number of nitrogens with zero attached hydrogens (tertiary/aromatic N) is 3. The van der Waals surface area contributed by atoms with E-state index < -0.39 is 6.04 Å². The van der Waals surface area contributed by atoms with Crippen molar-refractivity contribution in [3.8, 4) is 0 Å². The third-order valence-electron chi connectivity index (χ3n) is 3.02. The van der Waals surface area contributed by atoms with E-state index in [1.54, 1.807) is 12.4 Å². The van der Waals surface area contributed by atoms with Gasteiger partial charge >= 0.3 is 0 Å². The summed E-state index contributed by atoms with van der Waals surface area (Å²) in [7, 11) is 0. The van der Waals surface area contributed by atoms with E-state index in [1.807, 2.05) is 42.5 Å². The van der Waals surface area contributed by atoms with Crippen LogP contribution in [0.1, 0.15) is 28.9 Å². The fraction of sp³-hybridized carbons (Fsp3) is 0.133. The summed E-state index contributed by atoms with van der Waals surface area (Å²) in [5, 5.41) is 3.97. The van der Waals surface area contributed by atoms with E-state index in [0.717, 1.165) is 11.1 Å². The molecule has 1 aromatic carbocycles. The Morgan fingerprint density at radius 3 is 2.55 bits per heavy atom. The number of rotatable bonds is 4. The second-order valence-corrected chi connectivity index (χ2v) is 4.47. The van der Waals surface area contributed by atoms with Crippen LogP contribution < -0.4 is 5.73 Å². The van der Waals surface area contributed by atoms with Crippen molar-refractivity contribution in [2.75, 3.05) is 0 Å². The molecule has 5 nitrogen and oxygen atoms in total. The molecular weight excluding hydrogens is 252 g/mol. The predicted molar refractivity (Wildman–Crippen MR) is 73.8 cm³/mol. The highest BCUT2D eigenvalue weighted by atomic mass is 16.5. The Kier molecular flexibility index (Phi) is 3.52. The fourth-order valence-corrected chi connectivity index (χ4v) is 1.95. The van der Waals surface area contributed by atoms with Gasteiger partial charge in [-0.15, -0.1) is 0 Å². The monoisotopic (exact) mass is 266 g/mol. The first kappa shape index (κ1) is 12.5. The first-order chi connectivity index (χ1) is 9.83. The predicted octanol–water partition coefficient (Wildman–Crippen LogP) is 2.10. The SMILES string of the molecule is N[C@@H](c1ccccc1)c1nc(Cc2ccncc2)no1. The fourth-order valence-electron chi connectivity index (χ4n) is 1.95. The molecule has 0 saturated heterocycles. The van der Waals surface area contributed by atoms with Gasteiger partial charge in [-0.2, -0.15) is 4.98 Å². The average Bonchev–Trinajstić information content (AvgIpc) is 2.97. The van der Waals surface area contributed by atoms with Crippen LogP contribution in [0, 0.1) is 0 Å². The molecule has 1 atom stereocenters. The van der Waals surface area contributed by atoms with Crippen LogP contribution in [0.15, 0.2) is 59.4 Å². The number of hydrogen-bond acceptors (Lipinski definition) is 5. The quantitative estimate of drug-likeness (QED) is 0.782. The Morgan fingerprint density at radius 2 is 1.80 bits per heavy atom. The standard InChI is InChI=1S/C15H14N4O/c16-14(12-4-2-1-3-5-12)15-18-13(19-20-15)10-11-6-8-17-9-7-11/h1-9,14H,10,16H2/t14-/m0/s1. The Hall–Kier alpha value is -2.53. The minimum atomic E-state index is -0.394. The van der Waals surface area contributed by atoms with Gasteiger partial charge in [-0.25, -0.2) is 0 Å². The number of benzene rings is 1. The first-order valence-electron chi connectivity index (χ1n) is 6.35. The molecule has 0 aliphatic heterocycles. The molecule has 3 rings (SSSR count). The van der Waals surface area contributed by atoms with Gasteiger partial charge in [-0.05, 0) is 23.3 Å². The summed E-state index contributed by atoms with van der Waals surface area (Å²) in [6, 6.07) is 13.1. The molecule has 100 valence electrons. The van der Waals surface area contributed by atoms with E-state index in [9.17, 15) is 0 Å². The van der Waals surface area contributed by atoms with Crippen molar-refractivity contribution in [1.29, 1.82) is 0 Å². The highest BCUT2D eigenvalue weighted by Crippen LogP contribution is 2.18. The molecular formula is C15H14N4O. The summed E-state index contributed by atoms with van der Waals surface area (Å²) in [6.07, 6.45) is 4.09. The van der Waals surface area contributed by atoms with Gasteiger partial charge in [0.1, 0.15) is 6.04 Å². The Morgan fingerprint density at radius 1 is 1.05 bits per heavy atom. The zero-order valence-electron chi connectivity index (χ0n) is 10.8. The molecule has 0 amide bonds. The van der Waals surface area contributed by atoms with Crippen LogP contribution in [0.4, 0.5) is 0 Å². The lowest BCUT2D eigenvalue weighted by Gasteiger charge is -2.05. The smallest absolute Gasteiger partial charge is 0.248 e. The van der Waals surface area contributed by atoms with Crippen LogP contribution in [0.3, 0.4) is 0 Å². The maximum Gasteiger partial charge on any atom is 0.248 e. The van der Waals surface area contributed by atoms with Crippen molar-refractivity contribution in [3.63, 3.8) is 0 Å². The minimum absolute atomic E-state index is 0.394. The van der Waals surface area contributed by atoms with E-state index >= 15 is 0 Å². The van der Waals surface area contributed by atoms with Gasteiger partial charge in [-0.3, -0.25) is 4.98 Å². The molecule has 3 aromatic rings. The summed E-state index contributed by atoms with van der Waals surface area (Å²) in [6.45, 7) is 0. The molecule has 2 heterocycles. The molecule has 0 aliphatic carbocycles. The molecule has 0 unspecified atom stereocenters. The van der Waals surface area contributed by atoms with Gasteiger partial charge in [-0.1, -0.05) is 35.5 Å². The van der Waals surface area contributed by atoms with Crippen LogP contribution in [-0.2, 0) is 6.42 Å². The van der Waals surface area contributed by atoms with Crippen molar-refractivity contribution < 1.29 is 4.52 Å². The number of aromatic nitrogens is 3. The lowest BCUT2D eigenvalue weighted by Crippen LogP contribution is -2.12. The summed E-state index contributed by atoms with van der Waals surface area (Å²) >= 11 is 0. The normalized spacial score (nSPS) is 12.2. The zero-order chi connectivity index (χ0) is 13.8. The molecule has 0 fully saturated rings. The van der Waals surface area contributed by atoms with Gasteiger partial charge in [0.15, 0.2) is 5.82 Å². The maximum atomic E-state index is 6.12. The summed E-state index contributed by atoms with van der Waals surface area (Å²) in [5.41, 5.74) is 8.15. The lowest BCUT2D eigenvalue weighted by molar-refractivity contribution is 0.363. The first-order valence-corrected chi connectivity index (χ1v) is 6.35. The number of hydrogen-bond donors (Lipinski definition) is 1. The highest BCUT2D eigenvalue weighted by Gasteiger charge is 2.16. The van der Waals surface area contributed by atoms with Gasteiger partial charge in [0, 0.05) is 18.8 Å². The minimum Gasteiger partial charge on any atom is -0.337 e. The molecule has 0 bridgehead atoms. The van der Waals surface area contributed by atoms with Crippen molar-refractivity contribution in [1.82, 2.24) is 15.1 Å². The van der Waals surface area contributed by atoms with Gasteiger partial charge in [0.05, 0.1) is 0 Å². The largest absolute Gasteiger partial charge is 0.337 e. The molecule has 5 heteroatoms. The van der Waals surface area contributed by atoms with E-state index in [-0.39, 0.29) is 0 Å². The van der Waals surface area contributed by atoms with E-state index in [2.05, 4.69) is 15.1 Å². The van der Waals surface area contributed by atoms with E-state index in [0.29, 0.717) is 18.1 Å². The van der Waals surface area contributed by atoms with Crippen molar-refractivity contribution in [2.24, 2.45) is 5.73 Å². The van der Waals surface area contributed by atoms with Crippen LogP contribution in [0.25, 0.3) is 0 Å². The Balaban J connectivity index is 1.77. The maximum absolute atomic E-state index is 6.12. The van der Waals surface area contributed by atoms with E-state index in [1.165, 1.54) is 0 Å². The lowest BCUT2D eigenvalue weighted by atomic mass is 10.1. The van der Waals surface area contributed by atoms with Gasteiger partial charge in [0.2, 0.25) is 5.89 Å². The van der Waals surface area contributed by atoms with Gasteiger partial charge in [0.25, 0.3) is 0 Å². The van der Waals surface area contributed by atoms with E-state index in [4.69, 9.17) is 10.3 Å². The Bertz CT molecular complexity index is 667. The molecule has 0 saturated carbocycles. The average molecular weight is 266 g/mol. The van der Waals surface area contributed by atoms with Crippen molar-refractivity contribution >= 4 is 0 Å². The third kappa shape index (κ3) is 2.73. The van der Waals surface area contributed by atoms with Crippen molar-refractivity contribution in [2.45, 2.75) is 12.5 Å². The summed E-state index contributed by atoms with van der Waals surface area (Å²) in [5.74, 6) is 1.05. The number of nitrogens with two attached hydrogens (primary N) is 1. The number of pyridine rings is 1. The molecule has 2 N–H and O–H groups in total. The van der Waals surface area contributed by atoms with Crippen LogP contribution in [-0.4, -0.2) is 15.1 Å². The molecule has 2 aromatic heterocycles. The molecule has 0 radical (unpaired) electrons. The second-order valence-electron chi connectivity index (χ2n) is 4.47. The Labute approximate surface area is 116 Å². The second kappa shape index (κ2) is 5.63. The molecule has 20 heavy (non-hydrogen) atoms. The van der Waals surface area contributed by atoms with Crippen LogP contribution in [0.5, 0.6) is 0 Å². The van der Waals surface area contributed by atoms with Crippen LogP contribution in [0.2, 0.25) is 0 Å². The van der Waals surface area contributed by atoms with Gasteiger partial charge < -0.3 is 10.3 Å². The summed E-state index contributed by atoms with van der Waals surface area (Å²) < 4.78 is 5.25. The molecule has 0 aliphatic rings. The molecule has 0 spiro atoms. The van der Waals surface area contributed by atoms with Crippen LogP contribution >= 0.6 is 0 Å². The topological polar surface area (TPSA) is 77.8 Å². The third-order valence-corrected chi connectivity index (χ3v) is 3.02. The highest BCUT2D eigenvalue weighted by molar-refractivity contribution is 5.23.